The molecule has 0 aliphatic rings. The van der Waals surface area contributed by atoms with Gasteiger partial charge in [-0.05, 0) is 61.4 Å². The van der Waals surface area contributed by atoms with Crippen LogP contribution in [-0.2, 0) is 6.54 Å². The third kappa shape index (κ3) is 5.25. The van der Waals surface area contributed by atoms with Gasteiger partial charge in [-0.2, -0.15) is 0 Å². The van der Waals surface area contributed by atoms with Gasteiger partial charge in [0.25, 0.3) is 5.91 Å². The first-order valence-corrected chi connectivity index (χ1v) is 8.77. The second kappa shape index (κ2) is 8.76. The Balaban J connectivity index is 1.81. The Morgan fingerprint density at radius 1 is 0.963 bits per heavy atom. The Morgan fingerprint density at radius 3 is 2.44 bits per heavy atom. The summed E-state index contributed by atoms with van der Waals surface area (Å²) in [7, 11) is 0. The second-order valence-electron chi connectivity index (χ2n) is 6.23. The minimum atomic E-state index is -0.216. The zero-order valence-electron chi connectivity index (χ0n) is 15.4. The number of anilines is 1. The van der Waals surface area contributed by atoms with Gasteiger partial charge >= 0.3 is 0 Å². The van der Waals surface area contributed by atoms with Crippen LogP contribution in [0, 0.1) is 13.8 Å². The van der Waals surface area contributed by atoms with Crippen LogP contribution in [0.1, 0.15) is 27.2 Å². The Hall–Kier alpha value is -3.47. The summed E-state index contributed by atoms with van der Waals surface area (Å²) in [5.41, 5.74) is 4.64. The van der Waals surface area contributed by atoms with E-state index in [1.165, 1.54) is 11.1 Å². The van der Waals surface area contributed by atoms with Crippen molar-refractivity contribution in [1.29, 1.82) is 0 Å². The summed E-state index contributed by atoms with van der Waals surface area (Å²) in [6.45, 7) is 4.48. The molecule has 1 heterocycles. The van der Waals surface area contributed by atoms with Crippen LogP contribution < -0.4 is 10.6 Å². The summed E-state index contributed by atoms with van der Waals surface area (Å²) in [5.74, 6) is 0.171. The summed E-state index contributed by atoms with van der Waals surface area (Å²) in [6.07, 6.45) is 1.73. The number of aromatic nitrogens is 1. The van der Waals surface area contributed by atoms with Crippen LogP contribution in [0.3, 0.4) is 0 Å². The van der Waals surface area contributed by atoms with Crippen molar-refractivity contribution >= 4 is 17.6 Å². The molecule has 2 aromatic carbocycles. The fraction of sp³-hybridized carbons (Fsp3) is 0.136. The van der Waals surface area contributed by atoms with Crippen LogP contribution in [0.15, 0.2) is 77.9 Å². The van der Waals surface area contributed by atoms with Gasteiger partial charge in [0.15, 0.2) is 0 Å². The predicted octanol–water partition coefficient (Wildman–Crippen LogP) is 4.10. The predicted molar refractivity (Wildman–Crippen MR) is 109 cm³/mol. The quantitative estimate of drug-likeness (QED) is 0.545. The van der Waals surface area contributed by atoms with Crippen LogP contribution >= 0.6 is 0 Å². The van der Waals surface area contributed by atoms with E-state index in [1.807, 2.05) is 61.5 Å². The lowest BCUT2D eigenvalue weighted by Crippen LogP contribution is -2.36. The molecule has 0 unspecified atom stereocenters. The summed E-state index contributed by atoms with van der Waals surface area (Å²) in [5, 5.41) is 6.07. The lowest BCUT2D eigenvalue weighted by molar-refractivity contribution is 0.0977. The molecule has 0 aliphatic heterocycles. The molecule has 0 radical (unpaired) electrons. The highest BCUT2D eigenvalue weighted by Crippen LogP contribution is 2.14. The number of amides is 1. The maximum absolute atomic E-state index is 12.5. The number of guanidine groups is 1. The molecular formula is C22H22N4O. The largest absolute Gasteiger partial charge is 0.326 e. The smallest absolute Gasteiger partial charge is 0.257 e. The summed E-state index contributed by atoms with van der Waals surface area (Å²) in [6, 6.07) is 20.8. The van der Waals surface area contributed by atoms with E-state index in [2.05, 4.69) is 27.5 Å². The number of nitrogens with one attached hydrogen (secondary N) is 2. The van der Waals surface area contributed by atoms with E-state index in [9.17, 15) is 4.79 Å². The highest BCUT2D eigenvalue weighted by Gasteiger charge is 2.09. The molecule has 27 heavy (non-hydrogen) atoms. The highest BCUT2D eigenvalue weighted by molar-refractivity contribution is 6.09. The van der Waals surface area contributed by atoms with Crippen molar-refractivity contribution in [2.75, 3.05) is 5.32 Å². The summed E-state index contributed by atoms with van der Waals surface area (Å²) >= 11 is 0. The standard InChI is InChI=1S/C22H22N4O/c1-16-11-12-19(14-17(16)2)25-22(24-15-20-10-6-7-13-23-20)26-21(27)18-8-4-3-5-9-18/h3-14H,15H2,1-2H3,(H2,24,25,26,27). The normalized spacial score (nSPS) is 11.1. The molecule has 3 aromatic rings. The number of hydrogen-bond acceptors (Lipinski definition) is 3. The van der Waals surface area contributed by atoms with Crippen molar-refractivity contribution in [2.45, 2.75) is 20.4 Å². The maximum Gasteiger partial charge on any atom is 0.257 e. The van der Waals surface area contributed by atoms with Crippen molar-refractivity contribution in [2.24, 2.45) is 4.99 Å². The molecule has 0 fully saturated rings. The van der Waals surface area contributed by atoms with Crippen molar-refractivity contribution in [3.8, 4) is 0 Å². The maximum atomic E-state index is 12.5. The fourth-order valence-corrected chi connectivity index (χ4v) is 2.49. The Labute approximate surface area is 159 Å². The molecule has 2 N–H and O–H groups in total. The third-order valence-corrected chi connectivity index (χ3v) is 4.16. The Morgan fingerprint density at radius 2 is 1.74 bits per heavy atom. The van der Waals surface area contributed by atoms with Gasteiger partial charge in [0.1, 0.15) is 0 Å². The first-order chi connectivity index (χ1) is 13.1. The first-order valence-electron chi connectivity index (χ1n) is 8.77. The van der Waals surface area contributed by atoms with Crippen molar-refractivity contribution in [3.63, 3.8) is 0 Å². The van der Waals surface area contributed by atoms with Gasteiger partial charge in [-0.15, -0.1) is 0 Å². The molecule has 0 spiro atoms. The lowest BCUT2D eigenvalue weighted by Gasteiger charge is -2.13. The van der Waals surface area contributed by atoms with Gasteiger partial charge in [-0.1, -0.05) is 30.3 Å². The molecule has 5 nitrogen and oxygen atoms in total. The van der Waals surface area contributed by atoms with E-state index in [4.69, 9.17) is 0 Å². The van der Waals surface area contributed by atoms with Crippen molar-refractivity contribution < 1.29 is 4.79 Å². The number of aryl methyl sites for hydroxylation is 2. The van der Waals surface area contributed by atoms with E-state index >= 15 is 0 Å². The number of nitrogens with zero attached hydrogens (tertiary/aromatic N) is 2. The van der Waals surface area contributed by atoms with Crippen LogP contribution in [0.5, 0.6) is 0 Å². The lowest BCUT2D eigenvalue weighted by atomic mass is 10.1. The first kappa shape index (κ1) is 18.3. The monoisotopic (exact) mass is 358 g/mol. The van der Waals surface area contributed by atoms with Gasteiger partial charge < -0.3 is 5.32 Å². The van der Waals surface area contributed by atoms with Crippen LogP contribution in [0.25, 0.3) is 0 Å². The average Bonchev–Trinajstić information content (AvgIpc) is 2.70. The van der Waals surface area contributed by atoms with E-state index in [0.29, 0.717) is 18.1 Å². The van der Waals surface area contributed by atoms with E-state index < -0.39 is 0 Å². The zero-order valence-corrected chi connectivity index (χ0v) is 15.4. The molecule has 0 bridgehead atoms. The fourth-order valence-electron chi connectivity index (χ4n) is 2.49. The molecular weight excluding hydrogens is 336 g/mol. The number of hydrogen-bond donors (Lipinski definition) is 2. The Bertz CT molecular complexity index is 937. The molecule has 0 saturated carbocycles. The van der Waals surface area contributed by atoms with E-state index in [0.717, 1.165) is 11.4 Å². The van der Waals surface area contributed by atoms with E-state index in [-0.39, 0.29) is 5.91 Å². The van der Waals surface area contributed by atoms with E-state index in [1.54, 1.807) is 18.3 Å². The molecule has 3 rings (SSSR count). The van der Waals surface area contributed by atoms with Gasteiger partial charge in [0.05, 0.1) is 12.2 Å². The number of benzene rings is 2. The van der Waals surface area contributed by atoms with Crippen molar-refractivity contribution in [1.82, 2.24) is 10.3 Å². The summed E-state index contributed by atoms with van der Waals surface area (Å²) in [4.78, 5) is 21.3. The molecule has 1 aromatic heterocycles. The van der Waals surface area contributed by atoms with Gasteiger partial charge in [0, 0.05) is 17.4 Å². The molecule has 0 atom stereocenters. The minimum absolute atomic E-state index is 0.216. The molecule has 1 amide bonds. The SMILES string of the molecule is Cc1ccc(NC(=NCc2ccccn2)NC(=O)c2ccccc2)cc1C. The molecule has 0 aliphatic carbocycles. The number of aliphatic imine (C=N–C) groups is 1. The Kier molecular flexibility index (Phi) is 5.94. The van der Waals surface area contributed by atoms with Gasteiger partial charge in [0.2, 0.25) is 5.96 Å². The van der Waals surface area contributed by atoms with Gasteiger partial charge in [-0.3, -0.25) is 15.1 Å². The van der Waals surface area contributed by atoms with Crippen LogP contribution in [-0.4, -0.2) is 16.9 Å². The third-order valence-electron chi connectivity index (χ3n) is 4.16. The van der Waals surface area contributed by atoms with Crippen molar-refractivity contribution in [3.05, 3.63) is 95.3 Å². The van der Waals surface area contributed by atoms with Gasteiger partial charge in [-0.25, -0.2) is 4.99 Å². The topological polar surface area (TPSA) is 66.4 Å². The minimum Gasteiger partial charge on any atom is -0.326 e. The second-order valence-corrected chi connectivity index (χ2v) is 6.23. The molecule has 5 heteroatoms. The number of pyridine rings is 1. The molecule has 136 valence electrons. The number of carbonyl (C=O) groups excluding carboxylic acids is 1. The number of carbonyl (C=O) groups is 1. The number of rotatable bonds is 4. The molecule has 0 saturated heterocycles. The highest BCUT2D eigenvalue weighted by atomic mass is 16.1. The summed E-state index contributed by atoms with van der Waals surface area (Å²) < 4.78 is 0. The van der Waals surface area contributed by atoms with Crippen LogP contribution in [0.4, 0.5) is 5.69 Å². The average molecular weight is 358 g/mol. The van der Waals surface area contributed by atoms with Crippen LogP contribution in [0.2, 0.25) is 0 Å². The zero-order chi connectivity index (χ0) is 19.1.